The van der Waals surface area contributed by atoms with E-state index in [-0.39, 0.29) is 11.9 Å². The number of hydrogen-bond acceptors (Lipinski definition) is 4. The third-order valence-corrected chi connectivity index (χ3v) is 6.12. The van der Waals surface area contributed by atoms with Crippen molar-refractivity contribution < 1.29 is 13.2 Å². The molecule has 0 aromatic carbocycles. The molecule has 1 saturated heterocycles. The average Bonchev–Trinajstić information content (AvgIpc) is 2.43. The van der Waals surface area contributed by atoms with E-state index in [0.717, 1.165) is 6.42 Å². The van der Waals surface area contributed by atoms with E-state index in [2.05, 4.69) is 0 Å². The van der Waals surface area contributed by atoms with Crippen LogP contribution in [0.1, 0.15) is 40.5 Å². The van der Waals surface area contributed by atoms with Crippen LogP contribution in [0.3, 0.4) is 0 Å². The number of rotatable bonds is 3. The molecule has 0 radical (unpaired) electrons. The monoisotopic (exact) mass is 249 g/mol. The van der Waals surface area contributed by atoms with Crippen LogP contribution in [0, 0.1) is 0 Å². The van der Waals surface area contributed by atoms with Crippen LogP contribution in [0.5, 0.6) is 0 Å². The van der Waals surface area contributed by atoms with Gasteiger partial charge in [0.25, 0.3) is 0 Å². The molecule has 0 aliphatic carbocycles. The van der Waals surface area contributed by atoms with Crippen LogP contribution in [0.25, 0.3) is 0 Å². The Hall–Kier alpha value is -0.130. The van der Waals surface area contributed by atoms with Gasteiger partial charge in [0, 0.05) is 12.1 Å². The molecule has 1 aliphatic heterocycles. The first-order chi connectivity index (χ1) is 7.08. The Kier molecular flexibility index (Phi) is 3.72. The number of nitrogens with two attached hydrogens (primary N) is 1. The topological polar surface area (TPSA) is 69.4 Å². The molecule has 0 saturated carbocycles. The van der Waals surface area contributed by atoms with Crippen LogP contribution < -0.4 is 5.73 Å². The van der Waals surface area contributed by atoms with Gasteiger partial charge in [0.15, 0.2) is 9.84 Å². The van der Waals surface area contributed by atoms with Gasteiger partial charge in [-0.1, -0.05) is 0 Å². The first-order valence-corrected chi connectivity index (χ1v) is 7.36. The molecule has 1 aliphatic rings. The van der Waals surface area contributed by atoms with Gasteiger partial charge in [-0.05, 0) is 40.5 Å². The highest BCUT2D eigenvalue weighted by Gasteiger charge is 2.40. The van der Waals surface area contributed by atoms with Crippen LogP contribution in [0.15, 0.2) is 0 Å². The van der Waals surface area contributed by atoms with Crippen LogP contribution in [0.2, 0.25) is 0 Å². The molecule has 1 rings (SSSR count). The Morgan fingerprint density at radius 3 is 2.38 bits per heavy atom. The fraction of sp³-hybridized carbons (Fsp3) is 1.00. The fourth-order valence-electron chi connectivity index (χ4n) is 1.75. The van der Waals surface area contributed by atoms with Crippen LogP contribution >= 0.6 is 0 Å². The summed E-state index contributed by atoms with van der Waals surface area (Å²) < 4.78 is 28.6. The molecule has 2 atom stereocenters. The summed E-state index contributed by atoms with van der Waals surface area (Å²) in [4.78, 5) is 0. The highest BCUT2D eigenvalue weighted by molar-refractivity contribution is 7.92. The lowest BCUT2D eigenvalue weighted by Crippen LogP contribution is -2.48. The summed E-state index contributed by atoms with van der Waals surface area (Å²) in [5, 5.41) is 0. The number of sulfone groups is 1. The smallest absolute Gasteiger partial charge is 0.155 e. The quantitative estimate of drug-likeness (QED) is 0.813. The van der Waals surface area contributed by atoms with E-state index in [1.165, 1.54) is 0 Å². The number of ether oxygens (including phenoxy) is 1. The molecule has 5 heteroatoms. The Labute approximate surface area is 98.5 Å². The third kappa shape index (κ3) is 2.76. The maximum Gasteiger partial charge on any atom is 0.155 e. The number of hydrogen-bond donors (Lipinski definition) is 1. The summed E-state index contributed by atoms with van der Waals surface area (Å²) in [6.07, 6.45) is 1.17. The fourth-order valence-corrected chi connectivity index (χ4v) is 3.01. The predicted octanol–water partition coefficient (Wildman–Crippen LogP) is 1.10. The zero-order chi connectivity index (χ0) is 12.6. The molecule has 0 spiro atoms. The van der Waals surface area contributed by atoms with E-state index in [4.69, 9.17) is 10.5 Å². The Morgan fingerprint density at radius 2 is 2.00 bits per heavy atom. The van der Waals surface area contributed by atoms with Gasteiger partial charge in [-0.2, -0.15) is 0 Å². The van der Waals surface area contributed by atoms with Gasteiger partial charge in [0.1, 0.15) is 0 Å². The Balaban J connectivity index is 2.65. The molecule has 4 nitrogen and oxygen atoms in total. The second-order valence-corrected chi connectivity index (χ2v) is 8.54. The lowest BCUT2D eigenvalue weighted by atomic mass is 9.91. The zero-order valence-electron chi connectivity index (χ0n) is 10.6. The van der Waals surface area contributed by atoms with E-state index in [9.17, 15) is 8.42 Å². The van der Waals surface area contributed by atoms with Crippen molar-refractivity contribution in [3.63, 3.8) is 0 Å². The predicted molar refractivity (Wildman–Crippen MR) is 65.1 cm³/mol. The van der Waals surface area contributed by atoms with Crippen LogP contribution in [0.4, 0.5) is 0 Å². The molecule has 1 heterocycles. The van der Waals surface area contributed by atoms with E-state index >= 15 is 0 Å². The van der Waals surface area contributed by atoms with Gasteiger partial charge < -0.3 is 10.5 Å². The van der Waals surface area contributed by atoms with Gasteiger partial charge in [0.05, 0.1) is 16.6 Å². The van der Waals surface area contributed by atoms with Crippen molar-refractivity contribution in [2.75, 3.05) is 12.4 Å². The van der Waals surface area contributed by atoms with Gasteiger partial charge in [-0.15, -0.1) is 0 Å². The molecule has 0 aromatic rings. The Bertz CT molecular complexity index is 345. The second-order valence-electron chi connectivity index (χ2n) is 5.68. The van der Waals surface area contributed by atoms with Crippen molar-refractivity contribution >= 4 is 9.84 Å². The first-order valence-electron chi connectivity index (χ1n) is 5.71. The lowest BCUT2D eigenvalue weighted by molar-refractivity contribution is 0.0946. The van der Waals surface area contributed by atoms with Crippen molar-refractivity contribution in [3.05, 3.63) is 0 Å². The van der Waals surface area contributed by atoms with Gasteiger partial charge in [-0.3, -0.25) is 0 Å². The van der Waals surface area contributed by atoms with E-state index in [0.29, 0.717) is 13.0 Å². The summed E-state index contributed by atoms with van der Waals surface area (Å²) in [6, 6.07) is 0. The minimum absolute atomic E-state index is 0.0531. The SMILES string of the molecule is CC1OCCC1(N)CCS(=O)(=O)C(C)(C)C. The van der Waals surface area contributed by atoms with Crippen LogP contribution in [-0.2, 0) is 14.6 Å². The molecule has 96 valence electrons. The maximum absolute atomic E-state index is 12.0. The summed E-state index contributed by atoms with van der Waals surface area (Å²) in [5.41, 5.74) is 5.69. The van der Waals surface area contributed by atoms with E-state index in [1.807, 2.05) is 6.92 Å². The highest BCUT2D eigenvalue weighted by Crippen LogP contribution is 2.28. The molecule has 0 amide bonds. The molecule has 0 bridgehead atoms. The first kappa shape index (κ1) is 13.9. The minimum Gasteiger partial charge on any atom is -0.377 e. The van der Waals surface area contributed by atoms with Gasteiger partial charge in [-0.25, -0.2) is 8.42 Å². The zero-order valence-corrected chi connectivity index (χ0v) is 11.4. The largest absolute Gasteiger partial charge is 0.377 e. The van der Waals surface area contributed by atoms with Crippen molar-refractivity contribution in [1.29, 1.82) is 0 Å². The molecule has 16 heavy (non-hydrogen) atoms. The normalized spacial score (nSPS) is 31.9. The van der Waals surface area contributed by atoms with E-state index in [1.54, 1.807) is 20.8 Å². The summed E-state index contributed by atoms with van der Waals surface area (Å²) in [5.74, 6) is 0.140. The van der Waals surface area contributed by atoms with Gasteiger partial charge in [0.2, 0.25) is 0 Å². The molecule has 2 unspecified atom stereocenters. The minimum atomic E-state index is -3.08. The summed E-state index contributed by atoms with van der Waals surface area (Å²) in [7, 11) is -3.08. The van der Waals surface area contributed by atoms with Crippen molar-refractivity contribution in [2.24, 2.45) is 5.73 Å². The summed E-state index contributed by atoms with van der Waals surface area (Å²) in [6.45, 7) is 7.71. The van der Waals surface area contributed by atoms with Crippen molar-refractivity contribution in [1.82, 2.24) is 0 Å². The van der Waals surface area contributed by atoms with Crippen molar-refractivity contribution in [3.8, 4) is 0 Å². The maximum atomic E-state index is 12.0. The highest BCUT2D eigenvalue weighted by atomic mass is 32.2. The van der Waals surface area contributed by atoms with Crippen molar-refractivity contribution in [2.45, 2.75) is 56.9 Å². The molecule has 1 fully saturated rings. The standard InChI is InChI=1S/C11H23NO3S/c1-9-11(12,5-7-15-9)6-8-16(13,14)10(2,3)4/h9H,5-8,12H2,1-4H3. The van der Waals surface area contributed by atoms with Gasteiger partial charge >= 0.3 is 0 Å². The molecular weight excluding hydrogens is 226 g/mol. The summed E-state index contributed by atoms with van der Waals surface area (Å²) >= 11 is 0. The Morgan fingerprint density at radius 1 is 1.44 bits per heavy atom. The van der Waals surface area contributed by atoms with Crippen LogP contribution in [-0.4, -0.2) is 37.2 Å². The second kappa shape index (κ2) is 4.27. The van der Waals surface area contributed by atoms with E-state index < -0.39 is 20.1 Å². The average molecular weight is 249 g/mol. The molecular formula is C11H23NO3S. The molecule has 2 N–H and O–H groups in total. The molecule has 0 aromatic heterocycles. The third-order valence-electron chi connectivity index (χ3n) is 3.51. The lowest BCUT2D eigenvalue weighted by Gasteiger charge is -2.29.